The molecule has 4 heteroatoms. The summed E-state index contributed by atoms with van der Waals surface area (Å²) in [6.45, 7) is 2.90. The molecule has 0 heterocycles. The molecule has 0 aliphatic heterocycles. The number of esters is 1. The summed E-state index contributed by atoms with van der Waals surface area (Å²) in [6.07, 6.45) is 24.2. The van der Waals surface area contributed by atoms with Gasteiger partial charge in [-0.3, -0.25) is 4.79 Å². The van der Waals surface area contributed by atoms with Crippen molar-refractivity contribution in [2.75, 3.05) is 6.61 Å². The smallest absolute Gasteiger partial charge is 0.306 e. The van der Waals surface area contributed by atoms with Crippen LogP contribution < -0.4 is 0 Å². The molecule has 5 aliphatic carbocycles. The number of unbranched alkanes of at least 4 members (excludes halogenated alkanes) is 1. The van der Waals surface area contributed by atoms with E-state index in [9.17, 15) is 9.59 Å². The fraction of sp³-hybridized carbons (Fsp3) is 0.933. The lowest BCUT2D eigenvalue weighted by Gasteiger charge is -2.49. The van der Waals surface area contributed by atoms with Gasteiger partial charge in [-0.15, -0.1) is 0 Å². The van der Waals surface area contributed by atoms with Crippen LogP contribution in [0.1, 0.15) is 129 Å². The van der Waals surface area contributed by atoms with Crippen molar-refractivity contribution in [3.05, 3.63) is 0 Å². The van der Waals surface area contributed by atoms with E-state index in [-0.39, 0.29) is 18.0 Å². The molecule has 0 amide bonds. The zero-order chi connectivity index (χ0) is 23.8. The summed E-state index contributed by atoms with van der Waals surface area (Å²) < 4.78 is 11.9. The van der Waals surface area contributed by atoms with Crippen LogP contribution in [0, 0.1) is 29.1 Å². The quantitative estimate of drug-likeness (QED) is 0.168. The first-order valence-corrected chi connectivity index (χ1v) is 14.9. The van der Waals surface area contributed by atoms with Crippen LogP contribution in [0.2, 0.25) is 0 Å². The van der Waals surface area contributed by atoms with Crippen molar-refractivity contribution in [2.45, 2.75) is 141 Å². The third-order valence-electron chi connectivity index (χ3n) is 10.2. The summed E-state index contributed by atoms with van der Waals surface area (Å²) in [5.41, 5.74) is 0.353. The average Bonchev–Trinajstić information content (AvgIpc) is 2.88. The van der Waals surface area contributed by atoms with Gasteiger partial charge in [-0.25, -0.2) is 0 Å². The molecule has 0 spiro atoms. The molecule has 2 bridgehead atoms. The first-order valence-electron chi connectivity index (χ1n) is 14.9. The summed E-state index contributed by atoms with van der Waals surface area (Å²) >= 11 is 0. The normalized spacial score (nSPS) is 36.7. The molecule has 5 aliphatic rings. The molecule has 0 radical (unpaired) electrons. The van der Waals surface area contributed by atoms with Gasteiger partial charge in [0.1, 0.15) is 12.4 Å². The molecular formula is C30H50O4. The van der Waals surface area contributed by atoms with Crippen molar-refractivity contribution in [1.29, 1.82) is 0 Å². The predicted molar refractivity (Wildman–Crippen MR) is 135 cm³/mol. The monoisotopic (exact) mass is 474 g/mol. The van der Waals surface area contributed by atoms with Gasteiger partial charge in [0, 0.05) is 18.9 Å². The molecule has 0 aromatic heterocycles. The molecule has 0 aromatic rings. The van der Waals surface area contributed by atoms with E-state index < -0.39 is 0 Å². The minimum absolute atomic E-state index is 0.00825. The second-order valence-corrected chi connectivity index (χ2v) is 12.3. The first-order chi connectivity index (χ1) is 16.6. The Kier molecular flexibility index (Phi) is 9.91. The van der Waals surface area contributed by atoms with Gasteiger partial charge in [0.15, 0.2) is 0 Å². The lowest BCUT2D eigenvalue weighted by molar-refractivity contribution is -0.151. The van der Waals surface area contributed by atoms with Crippen LogP contribution in [-0.2, 0) is 19.1 Å². The maximum absolute atomic E-state index is 11.9. The van der Waals surface area contributed by atoms with Crippen molar-refractivity contribution >= 4 is 12.3 Å². The highest BCUT2D eigenvalue weighted by Crippen LogP contribution is 2.54. The average molecular weight is 475 g/mol. The number of hydrogen-bond donors (Lipinski definition) is 0. The zero-order valence-corrected chi connectivity index (χ0v) is 21.8. The summed E-state index contributed by atoms with van der Waals surface area (Å²) in [4.78, 5) is 23.7. The Hall–Kier alpha value is -0.900. The fourth-order valence-electron chi connectivity index (χ4n) is 7.93. The van der Waals surface area contributed by atoms with Gasteiger partial charge in [-0.2, -0.15) is 0 Å². The molecule has 0 aromatic carbocycles. The third kappa shape index (κ3) is 6.86. The standard InChI is InChI=1S/C30H50O4/c1-2-5-29(32)34-28-13-9-25(10-14-28)24-7-11-27(12-8-24)33-21-4-3-6-26(22-31)30-18-15-23(16-19-30)17-20-30/h22-28H,2-21H2,1H3/t23?,24-,25-,26?,27-,28-,30?. The lowest BCUT2D eigenvalue weighted by Crippen LogP contribution is -2.40. The largest absolute Gasteiger partial charge is 0.462 e. The highest BCUT2D eigenvalue weighted by molar-refractivity contribution is 5.69. The molecular weight excluding hydrogens is 424 g/mol. The van der Waals surface area contributed by atoms with Crippen LogP contribution in [0.25, 0.3) is 0 Å². The van der Waals surface area contributed by atoms with Crippen LogP contribution >= 0.6 is 0 Å². The number of fused-ring (bicyclic) bond motifs is 3. The van der Waals surface area contributed by atoms with Crippen LogP contribution in [0.3, 0.4) is 0 Å². The van der Waals surface area contributed by atoms with Gasteiger partial charge in [0.25, 0.3) is 0 Å². The molecule has 4 nitrogen and oxygen atoms in total. The number of hydrogen-bond acceptors (Lipinski definition) is 4. The van der Waals surface area contributed by atoms with Crippen molar-refractivity contribution in [2.24, 2.45) is 29.1 Å². The van der Waals surface area contributed by atoms with Gasteiger partial charge in [0.2, 0.25) is 0 Å². The van der Waals surface area contributed by atoms with Gasteiger partial charge in [-0.1, -0.05) is 13.3 Å². The van der Waals surface area contributed by atoms with Crippen molar-refractivity contribution in [3.63, 3.8) is 0 Å². The van der Waals surface area contributed by atoms with Crippen molar-refractivity contribution in [1.82, 2.24) is 0 Å². The Morgan fingerprint density at radius 1 is 0.853 bits per heavy atom. The lowest BCUT2D eigenvalue weighted by atomic mass is 9.55. The van der Waals surface area contributed by atoms with Crippen LogP contribution in [0.5, 0.6) is 0 Å². The van der Waals surface area contributed by atoms with Crippen LogP contribution in [0.15, 0.2) is 0 Å². The summed E-state index contributed by atoms with van der Waals surface area (Å²) in [5, 5.41) is 0. The Morgan fingerprint density at radius 2 is 1.44 bits per heavy atom. The van der Waals surface area contributed by atoms with Crippen molar-refractivity contribution < 1.29 is 19.1 Å². The van der Waals surface area contributed by atoms with Gasteiger partial charge < -0.3 is 14.3 Å². The molecule has 5 fully saturated rings. The Labute approximate surface area is 208 Å². The summed E-state index contributed by atoms with van der Waals surface area (Å²) in [5.74, 6) is 2.89. The highest BCUT2D eigenvalue weighted by Gasteiger charge is 2.45. The Bertz CT molecular complexity index is 608. The topological polar surface area (TPSA) is 52.6 Å². The number of carbonyl (C=O) groups excluding carboxylic acids is 2. The van der Waals surface area contributed by atoms with E-state index >= 15 is 0 Å². The van der Waals surface area contributed by atoms with E-state index in [0.717, 1.165) is 62.9 Å². The van der Waals surface area contributed by atoms with E-state index in [4.69, 9.17) is 9.47 Å². The second kappa shape index (κ2) is 12.9. The van der Waals surface area contributed by atoms with Gasteiger partial charge in [0.05, 0.1) is 6.10 Å². The zero-order valence-electron chi connectivity index (χ0n) is 21.8. The third-order valence-corrected chi connectivity index (χ3v) is 10.2. The number of aldehydes is 1. The number of ether oxygens (including phenoxy) is 2. The Balaban J connectivity index is 1.06. The minimum atomic E-state index is -0.00825. The van der Waals surface area contributed by atoms with Crippen LogP contribution in [0.4, 0.5) is 0 Å². The molecule has 0 saturated heterocycles. The maximum Gasteiger partial charge on any atom is 0.306 e. The Morgan fingerprint density at radius 3 is 2.00 bits per heavy atom. The SMILES string of the molecule is CCCC(=O)O[C@H]1CC[C@H]([C@H]2CC[C@H](OCCCCC(C=O)C34CCC(CC3)CC4)CC2)CC1. The molecule has 5 saturated carbocycles. The van der Waals surface area contributed by atoms with E-state index in [0.29, 0.717) is 17.9 Å². The number of rotatable bonds is 12. The van der Waals surface area contributed by atoms with Gasteiger partial charge in [-0.05, 0) is 132 Å². The molecule has 1 atom stereocenters. The summed E-state index contributed by atoms with van der Waals surface area (Å²) in [6, 6.07) is 0. The molecule has 5 rings (SSSR count). The molecule has 194 valence electrons. The minimum Gasteiger partial charge on any atom is -0.462 e. The van der Waals surface area contributed by atoms with E-state index in [2.05, 4.69) is 0 Å². The van der Waals surface area contributed by atoms with E-state index in [1.54, 1.807) is 0 Å². The van der Waals surface area contributed by atoms with Gasteiger partial charge >= 0.3 is 5.97 Å². The number of carbonyl (C=O) groups is 2. The first kappa shape index (κ1) is 26.2. The maximum atomic E-state index is 11.9. The van der Waals surface area contributed by atoms with Crippen LogP contribution in [-0.4, -0.2) is 31.1 Å². The van der Waals surface area contributed by atoms with E-state index in [1.807, 2.05) is 6.92 Å². The molecule has 1 unspecified atom stereocenters. The predicted octanol–water partition coefficient (Wildman–Crippen LogP) is 7.42. The summed E-state index contributed by atoms with van der Waals surface area (Å²) in [7, 11) is 0. The van der Waals surface area contributed by atoms with Crippen molar-refractivity contribution in [3.8, 4) is 0 Å². The second-order valence-electron chi connectivity index (χ2n) is 12.3. The molecule has 34 heavy (non-hydrogen) atoms. The highest BCUT2D eigenvalue weighted by atomic mass is 16.5. The van der Waals surface area contributed by atoms with E-state index in [1.165, 1.54) is 83.3 Å². The molecule has 0 N–H and O–H groups in total. The fourth-order valence-corrected chi connectivity index (χ4v) is 7.93.